The number of nitrogens with two attached hydrogens (primary N) is 1. The lowest BCUT2D eigenvalue weighted by atomic mass is 10.2. The van der Waals surface area contributed by atoms with Gasteiger partial charge in [0, 0.05) is 25.5 Å². The molecule has 0 saturated carbocycles. The third-order valence-electron chi connectivity index (χ3n) is 2.37. The number of carbonyl (C=O) groups excluding carboxylic acids is 1. The molecular weight excluding hydrogens is 232 g/mol. The van der Waals surface area contributed by atoms with Gasteiger partial charge in [-0.2, -0.15) is 0 Å². The second-order valence-corrected chi connectivity index (χ2v) is 3.75. The van der Waals surface area contributed by atoms with E-state index in [4.69, 9.17) is 5.73 Å². The van der Waals surface area contributed by atoms with Gasteiger partial charge >= 0.3 is 0 Å². The molecule has 0 aromatic carbocycles. The number of hydrogen-bond acceptors (Lipinski definition) is 5. The predicted molar refractivity (Wildman–Crippen MR) is 65.6 cm³/mol. The molecule has 0 aliphatic rings. The zero-order chi connectivity index (χ0) is 12.8. The topological polar surface area (TPSA) is 98.7 Å². The average molecular weight is 246 g/mol. The number of hydrogen-bond donors (Lipinski definition) is 2. The molecule has 2 aromatic rings. The first-order chi connectivity index (χ1) is 8.75. The molecule has 94 valence electrons. The van der Waals surface area contributed by atoms with Gasteiger partial charge in [0.2, 0.25) is 0 Å². The van der Waals surface area contributed by atoms with Crippen molar-refractivity contribution in [2.75, 3.05) is 12.3 Å². The van der Waals surface area contributed by atoms with Crippen LogP contribution >= 0.6 is 0 Å². The lowest BCUT2D eigenvalue weighted by Crippen LogP contribution is -2.25. The maximum atomic E-state index is 11.7. The van der Waals surface area contributed by atoms with Gasteiger partial charge < -0.3 is 11.1 Å². The van der Waals surface area contributed by atoms with Crippen LogP contribution in [0.15, 0.2) is 30.7 Å². The number of pyridine rings is 1. The van der Waals surface area contributed by atoms with Crippen LogP contribution in [0.5, 0.6) is 0 Å². The van der Waals surface area contributed by atoms with E-state index in [1.807, 2.05) is 0 Å². The van der Waals surface area contributed by atoms with Crippen molar-refractivity contribution in [2.24, 2.45) is 0 Å². The maximum absolute atomic E-state index is 11.7. The first-order valence-electron chi connectivity index (χ1n) is 5.59. The minimum Gasteiger partial charge on any atom is -0.384 e. The highest BCUT2D eigenvalue weighted by molar-refractivity contribution is 5.93. The molecule has 0 atom stereocenters. The third-order valence-corrected chi connectivity index (χ3v) is 2.37. The number of nitrogen functional groups attached to an aromatic ring is 1. The van der Waals surface area contributed by atoms with E-state index in [2.05, 4.69) is 20.6 Å². The molecule has 0 saturated heterocycles. The standard InChI is InChI=1S/C11H14N6O/c12-10-3-2-9(8-14-10)11(18)13-4-1-6-17-7-5-15-16-17/h2-3,5,7-8H,1,4,6H2,(H2,12,14)(H,13,18). The molecule has 1 amide bonds. The molecule has 0 aliphatic heterocycles. The Morgan fingerprint density at radius 1 is 1.44 bits per heavy atom. The summed E-state index contributed by atoms with van der Waals surface area (Å²) in [6, 6.07) is 3.25. The largest absolute Gasteiger partial charge is 0.384 e. The number of carbonyl (C=O) groups is 1. The van der Waals surface area contributed by atoms with Crippen molar-refractivity contribution in [1.82, 2.24) is 25.3 Å². The van der Waals surface area contributed by atoms with E-state index >= 15 is 0 Å². The summed E-state index contributed by atoms with van der Waals surface area (Å²) in [7, 11) is 0. The molecule has 3 N–H and O–H groups in total. The SMILES string of the molecule is Nc1ccc(C(=O)NCCCn2ccnn2)cn1. The van der Waals surface area contributed by atoms with Gasteiger partial charge in [-0.1, -0.05) is 5.21 Å². The maximum Gasteiger partial charge on any atom is 0.252 e. The number of aromatic nitrogens is 4. The van der Waals surface area contributed by atoms with Crippen molar-refractivity contribution in [2.45, 2.75) is 13.0 Å². The Hall–Kier alpha value is -2.44. The third kappa shape index (κ3) is 3.27. The van der Waals surface area contributed by atoms with E-state index in [0.29, 0.717) is 17.9 Å². The molecular formula is C11H14N6O. The van der Waals surface area contributed by atoms with Gasteiger partial charge in [-0.05, 0) is 18.6 Å². The first kappa shape index (κ1) is 12.0. The summed E-state index contributed by atoms with van der Waals surface area (Å²) >= 11 is 0. The zero-order valence-corrected chi connectivity index (χ0v) is 9.78. The van der Waals surface area contributed by atoms with Crippen LogP contribution in [0.2, 0.25) is 0 Å². The fourth-order valence-corrected chi connectivity index (χ4v) is 1.44. The van der Waals surface area contributed by atoms with E-state index in [1.165, 1.54) is 6.20 Å². The molecule has 0 unspecified atom stereocenters. The van der Waals surface area contributed by atoms with Gasteiger partial charge in [0.15, 0.2) is 0 Å². The Labute approximate surface area is 104 Å². The summed E-state index contributed by atoms with van der Waals surface area (Å²) in [4.78, 5) is 15.6. The molecule has 0 fully saturated rings. The monoisotopic (exact) mass is 246 g/mol. The number of amides is 1. The summed E-state index contributed by atoms with van der Waals surface area (Å²) < 4.78 is 1.72. The lowest BCUT2D eigenvalue weighted by molar-refractivity contribution is 0.0952. The highest BCUT2D eigenvalue weighted by atomic mass is 16.1. The zero-order valence-electron chi connectivity index (χ0n) is 9.78. The molecule has 0 spiro atoms. The molecule has 7 heteroatoms. The molecule has 2 rings (SSSR count). The Morgan fingerprint density at radius 2 is 2.33 bits per heavy atom. The van der Waals surface area contributed by atoms with E-state index in [1.54, 1.807) is 29.2 Å². The molecule has 0 radical (unpaired) electrons. The van der Waals surface area contributed by atoms with Crippen molar-refractivity contribution in [3.8, 4) is 0 Å². The molecule has 0 bridgehead atoms. The van der Waals surface area contributed by atoms with Crippen LogP contribution in [-0.4, -0.2) is 32.4 Å². The van der Waals surface area contributed by atoms with Crippen LogP contribution in [0, 0.1) is 0 Å². The van der Waals surface area contributed by atoms with Gasteiger partial charge in [-0.15, -0.1) is 5.10 Å². The fourth-order valence-electron chi connectivity index (χ4n) is 1.44. The molecule has 18 heavy (non-hydrogen) atoms. The van der Waals surface area contributed by atoms with E-state index in [-0.39, 0.29) is 5.91 Å². The molecule has 2 aromatic heterocycles. The van der Waals surface area contributed by atoms with Crippen LogP contribution in [0.25, 0.3) is 0 Å². The molecule has 0 aliphatic carbocycles. The second kappa shape index (κ2) is 5.76. The summed E-state index contributed by atoms with van der Waals surface area (Å²) in [6.07, 6.45) is 5.66. The van der Waals surface area contributed by atoms with E-state index in [0.717, 1.165) is 13.0 Å². The number of rotatable bonds is 5. The minimum absolute atomic E-state index is 0.152. The summed E-state index contributed by atoms with van der Waals surface area (Å²) in [6.45, 7) is 1.29. The average Bonchev–Trinajstić information content (AvgIpc) is 2.88. The highest BCUT2D eigenvalue weighted by Crippen LogP contribution is 2.00. The lowest BCUT2D eigenvalue weighted by Gasteiger charge is -2.05. The van der Waals surface area contributed by atoms with Gasteiger partial charge in [0.05, 0.1) is 11.8 Å². The normalized spacial score (nSPS) is 10.2. The van der Waals surface area contributed by atoms with E-state index in [9.17, 15) is 4.79 Å². The quantitative estimate of drug-likeness (QED) is 0.728. The van der Waals surface area contributed by atoms with Crippen molar-refractivity contribution < 1.29 is 4.79 Å². The van der Waals surface area contributed by atoms with Crippen LogP contribution < -0.4 is 11.1 Å². The van der Waals surface area contributed by atoms with E-state index < -0.39 is 0 Å². The Kier molecular flexibility index (Phi) is 3.85. The summed E-state index contributed by atoms with van der Waals surface area (Å²) in [5, 5.41) is 10.3. The summed E-state index contributed by atoms with van der Waals surface area (Å²) in [5.74, 6) is 0.249. The number of aryl methyl sites for hydroxylation is 1. The van der Waals surface area contributed by atoms with Gasteiger partial charge in [0.25, 0.3) is 5.91 Å². The Morgan fingerprint density at radius 3 is 3.00 bits per heavy atom. The number of nitrogens with one attached hydrogen (secondary N) is 1. The number of nitrogens with zero attached hydrogens (tertiary/aromatic N) is 4. The van der Waals surface area contributed by atoms with Crippen LogP contribution in [0.1, 0.15) is 16.8 Å². The Bertz CT molecular complexity index is 493. The van der Waals surface area contributed by atoms with Gasteiger partial charge in [-0.25, -0.2) is 4.98 Å². The minimum atomic E-state index is -0.152. The predicted octanol–water partition coefficient (Wildman–Crippen LogP) is 0.0754. The molecule has 2 heterocycles. The first-order valence-corrected chi connectivity index (χ1v) is 5.59. The molecule has 7 nitrogen and oxygen atoms in total. The highest BCUT2D eigenvalue weighted by Gasteiger charge is 2.04. The van der Waals surface area contributed by atoms with Crippen molar-refractivity contribution in [3.63, 3.8) is 0 Å². The van der Waals surface area contributed by atoms with Crippen molar-refractivity contribution in [1.29, 1.82) is 0 Å². The second-order valence-electron chi connectivity index (χ2n) is 3.75. The van der Waals surface area contributed by atoms with Gasteiger partial charge in [-0.3, -0.25) is 9.48 Å². The van der Waals surface area contributed by atoms with Crippen LogP contribution in [-0.2, 0) is 6.54 Å². The smallest absolute Gasteiger partial charge is 0.252 e. The van der Waals surface area contributed by atoms with Crippen LogP contribution in [0.3, 0.4) is 0 Å². The van der Waals surface area contributed by atoms with Crippen LogP contribution in [0.4, 0.5) is 5.82 Å². The fraction of sp³-hybridized carbons (Fsp3) is 0.273. The van der Waals surface area contributed by atoms with Crippen molar-refractivity contribution >= 4 is 11.7 Å². The van der Waals surface area contributed by atoms with Crippen molar-refractivity contribution in [3.05, 3.63) is 36.3 Å². The summed E-state index contributed by atoms with van der Waals surface area (Å²) in [5.41, 5.74) is 5.95. The number of anilines is 1. The Balaban J connectivity index is 1.73. The van der Waals surface area contributed by atoms with Gasteiger partial charge in [0.1, 0.15) is 5.82 Å².